The molecule has 0 bridgehead atoms. The lowest BCUT2D eigenvalue weighted by Gasteiger charge is -2.41. The largest absolute Gasteiger partial charge is 0.490 e. The average Bonchev–Trinajstić information content (AvgIpc) is 1.58. The lowest BCUT2D eigenvalue weighted by atomic mass is 9.82. The minimum absolute atomic E-state index is 0.0108. The molecule has 0 aliphatic rings. The van der Waals surface area contributed by atoms with Crippen molar-refractivity contribution >= 4 is 118 Å². The predicted molar refractivity (Wildman–Crippen MR) is 470 cm³/mol. The van der Waals surface area contributed by atoms with Crippen LogP contribution < -0.4 is 33.6 Å². The highest BCUT2D eigenvalue weighted by Crippen LogP contribution is 2.44. The fourth-order valence-electron chi connectivity index (χ4n) is 13.2. The Morgan fingerprint density at radius 1 is 0.412 bits per heavy atom. The second-order valence-electron chi connectivity index (χ2n) is 32.8. The first-order valence-corrected chi connectivity index (χ1v) is 43.3. The molecular formula is C88H108F10N10O26S2. The molecule has 48 heteroatoms. The van der Waals surface area contributed by atoms with Crippen molar-refractivity contribution in [3.63, 3.8) is 0 Å². The normalized spacial score (nSPS) is 13.7. The van der Waals surface area contributed by atoms with Gasteiger partial charge in [0.25, 0.3) is 0 Å². The Morgan fingerprint density at radius 3 is 1.06 bits per heavy atom. The zero-order chi connectivity index (χ0) is 103. The highest BCUT2D eigenvalue weighted by molar-refractivity contribution is 8.00. The van der Waals surface area contributed by atoms with E-state index in [1.807, 2.05) is 102 Å². The monoisotopic (exact) mass is 1970 g/mol. The van der Waals surface area contributed by atoms with Crippen molar-refractivity contribution in [1.82, 2.24) is 29.6 Å². The molecule has 136 heavy (non-hydrogen) atoms. The number of benzene rings is 4. The van der Waals surface area contributed by atoms with E-state index in [9.17, 15) is 133 Å². The molecule has 4 amide bonds. The van der Waals surface area contributed by atoms with Crippen LogP contribution >= 0.6 is 23.5 Å². The Balaban J connectivity index is 0.000000612. The van der Waals surface area contributed by atoms with Crippen molar-refractivity contribution in [2.24, 2.45) is 33.8 Å². The molecule has 2 heterocycles. The smallest absolute Gasteiger partial charge is 0.481 e. The lowest BCUT2D eigenvalue weighted by molar-refractivity contribution is -0.193. The molecule has 4 aromatic carbocycles. The fourth-order valence-corrected chi connectivity index (χ4v) is 15.4. The van der Waals surface area contributed by atoms with E-state index in [4.69, 9.17) is 52.9 Å². The number of hydrogen-bond acceptors (Lipinski definition) is 24. The molecule has 0 spiro atoms. The van der Waals surface area contributed by atoms with Crippen molar-refractivity contribution < 1.29 is 172 Å². The Kier molecular flexibility index (Phi) is 47.5. The zero-order valence-electron chi connectivity index (χ0n) is 74.2. The number of hydrogen-bond donors (Lipinski definition) is 16. The maximum absolute atomic E-state index is 15.1. The summed E-state index contributed by atoms with van der Waals surface area (Å²) in [6.07, 6.45) is -11.3. The van der Waals surface area contributed by atoms with Gasteiger partial charge in [0.2, 0.25) is 23.6 Å². The maximum Gasteiger partial charge on any atom is 0.490 e. The number of aliphatic carboxylic acids is 8. The Bertz CT molecular complexity index is 5110. The van der Waals surface area contributed by atoms with Crippen LogP contribution in [0.2, 0.25) is 0 Å². The summed E-state index contributed by atoms with van der Waals surface area (Å²) in [7, 11) is 0. The minimum Gasteiger partial charge on any atom is -0.481 e. The second kappa shape index (κ2) is 54.9. The summed E-state index contributed by atoms with van der Waals surface area (Å²) in [5.74, 6) is -22.5. The number of carboxylic acids is 8. The van der Waals surface area contributed by atoms with Crippen LogP contribution in [0.3, 0.4) is 0 Å². The number of carboxylic acid groups (broad SMARTS) is 8. The van der Waals surface area contributed by atoms with E-state index >= 15 is 8.78 Å². The topological polar surface area (TPSA) is 620 Å². The van der Waals surface area contributed by atoms with Gasteiger partial charge in [0.15, 0.2) is 0 Å². The molecular weight excluding hydrogens is 1870 g/mol. The summed E-state index contributed by atoms with van der Waals surface area (Å²) >= 11 is 1.43. The van der Waals surface area contributed by atoms with Gasteiger partial charge in [-0.3, -0.25) is 57.5 Å². The van der Waals surface area contributed by atoms with E-state index in [-0.39, 0.29) is 113 Å². The number of rotatable bonds is 50. The third-order valence-electron chi connectivity index (χ3n) is 20.0. The van der Waals surface area contributed by atoms with Crippen LogP contribution in [0.15, 0.2) is 122 Å². The van der Waals surface area contributed by atoms with Gasteiger partial charge in [-0.05, 0) is 96.2 Å². The predicted octanol–water partition coefficient (Wildman–Crippen LogP) is 7.99. The number of amides is 4. The first-order chi connectivity index (χ1) is 63.1. The number of aromatic nitrogens is 2. The van der Waals surface area contributed by atoms with Gasteiger partial charge in [0.05, 0.1) is 35.8 Å². The molecule has 0 fully saturated rings. The Hall–Kier alpha value is -12.5. The van der Waals surface area contributed by atoms with Gasteiger partial charge in [-0.2, -0.15) is 26.3 Å². The summed E-state index contributed by atoms with van der Waals surface area (Å²) in [5.41, 5.74) is 25.1. The number of ketones is 4. The highest BCUT2D eigenvalue weighted by atomic mass is 32.2. The highest BCUT2D eigenvalue weighted by Gasteiger charge is 2.43. The zero-order valence-corrected chi connectivity index (χ0v) is 75.8. The molecule has 0 saturated carbocycles. The number of alkyl halides is 6. The van der Waals surface area contributed by atoms with Gasteiger partial charge in [-0.25, -0.2) is 36.7 Å². The van der Waals surface area contributed by atoms with Crippen molar-refractivity contribution in [3.8, 4) is 22.3 Å². The quantitative estimate of drug-likeness (QED) is 0.0161. The van der Waals surface area contributed by atoms with Crippen molar-refractivity contribution in [1.29, 1.82) is 0 Å². The van der Waals surface area contributed by atoms with Crippen LogP contribution in [0.1, 0.15) is 153 Å². The molecule has 0 radical (unpaired) electrons. The molecule has 0 aliphatic heterocycles. The number of Topliss-reactive ketones (excluding diaryl/α,β-unsaturated/α-hetero) is 4. The van der Waals surface area contributed by atoms with E-state index < -0.39 is 226 Å². The second-order valence-corrected chi connectivity index (χ2v) is 35.3. The summed E-state index contributed by atoms with van der Waals surface area (Å²) in [6, 6.07) is 17.7. The third-order valence-corrected chi connectivity index (χ3v) is 22.7. The van der Waals surface area contributed by atoms with Crippen LogP contribution in [0.5, 0.6) is 0 Å². The fraction of sp³-hybridized carbons (Fsp3) is 0.455. The average molecular weight is 1980 g/mol. The minimum atomic E-state index is -5.08. The van der Waals surface area contributed by atoms with Crippen molar-refractivity contribution in [3.05, 3.63) is 167 Å². The number of nitrogens with one attached hydrogen (secondary N) is 2. The number of nitrogens with two attached hydrogens (primary N) is 4. The third kappa shape index (κ3) is 40.2. The van der Waals surface area contributed by atoms with Gasteiger partial charge in [-0.15, -0.1) is 23.5 Å². The molecule has 0 aliphatic carbocycles. The van der Waals surface area contributed by atoms with E-state index in [1.165, 1.54) is 9.80 Å². The van der Waals surface area contributed by atoms with Crippen LogP contribution in [0.25, 0.3) is 22.3 Å². The van der Waals surface area contributed by atoms with Gasteiger partial charge in [0.1, 0.15) is 89.0 Å². The number of aliphatic hydroxyl groups excluding tert-OH is 2. The van der Waals surface area contributed by atoms with Gasteiger partial charge >= 0.3 is 60.1 Å². The maximum atomic E-state index is 15.1. The van der Waals surface area contributed by atoms with E-state index in [1.54, 1.807) is 33.7 Å². The number of thioether (sulfide) groups is 2. The van der Waals surface area contributed by atoms with Gasteiger partial charge in [-0.1, -0.05) is 102 Å². The Morgan fingerprint density at radius 2 is 0.750 bits per heavy atom. The van der Waals surface area contributed by atoms with Crippen molar-refractivity contribution in [2.75, 3.05) is 37.8 Å². The summed E-state index contributed by atoms with van der Waals surface area (Å²) < 4.78 is 126. The molecule has 6 aromatic rings. The summed E-state index contributed by atoms with van der Waals surface area (Å²) in [5, 5.41) is 92.7. The van der Waals surface area contributed by atoms with Crippen LogP contribution in [0.4, 0.5) is 43.9 Å². The number of nitrogens with zero attached hydrogens (tertiary/aromatic N) is 4. The number of carbonyl (C=O) groups is 16. The van der Waals surface area contributed by atoms with Crippen LogP contribution in [0, 0.1) is 34.1 Å². The van der Waals surface area contributed by atoms with E-state index in [0.717, 1.165) is 59.3 Å². The van der Waals surface area contributed by atoms with Gasteiger partial charge in [0, 0.05) is 129 Å². The van der Waals surface area contributed by atoms with Crippen LogP contribution in [-0.4, -0.2) is 261 Å². The molecule has 748 valence electrons. The van der Waals surface area contributed by atoms with Crippen molar-refractivity contribution in [2.45, 2.75) is 203 Å². The molecule has 20 N–H and O–H groups in total. The first kappa shape index (κ1) is 118. The molecule has 2 unspecified atom stereocenters. The van der Waals surface area contributed by atoms with Crippen LogP contribution in [-0.2, 0) is 89.8 Å². The number of aliphatic hydroxyl groups is 2. The van der Waals surface area contributed by atoms with Gasteiger partial charge < -0.3 is 104 Å². The van der Waals surface area contributed by atoms with E-state index in [0.29, 0.717) is 34.3 Å². The molecule has 36 nitrogen and oxygen atoms in total. The molecule has 0 saturated heterocycles. The lowest BCUT2D eigenvalue weighted by Crippen LogP contribution is -2.50. The molecule has 6 rings (SSSR count). The standard InChI is InChI=1S/2C42H53F2N5O11S.2C2HF3O2/c1-42(2,3)38(33-17-25(28-18-26(43)9-12-29(28)44)21-48(33)20-24-7-5-4-6-8-24)49(36(53)22-50)16-15-30(45)39(56)47-32(41(59)60)13-10-27(51)11-14-34(52)35(19-37(54)55)61-23-31(46)40(57)58;1-42(2,3)37(34-17-25(29-18-26(43)9-13-30(29)44)21-48(34)20-24-7-5-4-6-8-24)49(36(53)22-50)16-15-31(45)38(54)47-33(40(57)58)14-12-27(51)10-11-28(52)19-35(41(59)60)61-23-32(46)39(55)56;2*3-2(4,5)1(6)7/h4-9,12,17-18,21,30-32,35,38,50H,10-11,13-16,19-20,22-23,45-46H2,1-3H3,(H,47,56)(H,54,55)(H,57,58)(H,59,60);4-9,13,17-18,21,31-33,35,37,50H,10-12,14-16,19-20,22-23,45-46H2,1-3H3,(H,47,54)(H,55,56)(H,57,58)(H,59,60);2*(H,6,7)/t30-,31-,32+,35?,38-;31-,32-,33+,35?,37-;;/m00../s1. The SMILES string of the molecule is CC(C)(C)[C@H](c1cc(-c2cc(F)ccc2F)cn1Cc1ccccc1)N(CC[C@H](N)C(=O)N[C@H](CCC(=O)CCC(=O)C(CC(=O)O)SC[C@H](N)C(=O)O)C(=O)O)C(=O)CO.CC(C)(C)[C@H](c1cc(-c2cc(F)ccc2F)cn1Cc1ccccc1)N(CC[C@H](N)C(=O)N[C@H](CCC(=O)CCC(=O)CC(SC[C@H](N)C(=O)O)C(=O)O)C(=O)O)C(=O)CO.O=C(O)C(F)(F)F.O=C(O)C(F)(F)F. The summed E-state index contributed by atoms with van der Waals surface area (Å²) in [4.78, 5) is 193. The Labute approximate surface area is 779 Å². The molecule has 2 aromatic heterocycles. The number of carbonyl (C=O) groups excluding carboxylic acids is 8. The first-order valence-electron chi connectivity index (χ1n) is 41.2. The molecule has 10 atom stereocenters. The van der Waals surface area contributed by atoms with E-state index in [2.05, 4.69) is 10.6 Å². The number of halogens is 10. The summed E-state index contributed by atoms with van der Waals surface area (Å²) in [6.45, 7) is 9.33.